The first-order valence-corrected chi connectivity index (χ1v) is 14.8. The summed E-state index contributed by atoms with van der Waals surface area (Å²) in [4.78, 5) is 48.5. The predicted octanol–water partition coefficient (Wildman–Crippen LogP) is 5.96. The molecule has 0 atom stereocenters. The van der Waals surface area contributed by atoms with Crippen molar-refractivity contribution in [2.45, 2.75) is 13.8 Å². The lowest BCUT2D eigenvalue weighted by Gasteiger charge is -2.24. The number of amidine groups is 1. The van der Waals surface area contributed by atoms with E-state index in [-0.39, 0.29) is 22.5 Å². The smallest absolute Gasteiger partial charge is 0.335 e. The average molecular weight is 627 g/mol. The molecule has 11 nitrogen and oxygen atoms in total. The number of nitrogens with zero attached hydrogens (tertiary/aromatic N) is 5. The lowest BCUT2D eigenvalue weighted by molar-refractivity contribution is 0.0686. The number of benzene rings is 4. The molecule has 5 aromatic rings. The van der Waals surface area contributed by atoms with Crippen molar-refractivity contribution in [2.24, 2.45) is 10.1 Å². The predicted molar refractivity (Wildman–Crippen MR) is 182 cm³/mol. The SMILES string of the molecule is CCN(c1ccccc1)c1ccc(N=C2C(NC)=Nn3c2nc(=O)c(-c2ccc(C(=O)O)cc2)c3-c2ccc(C(=O)O)cc2)c(C)c1. The summed E-state index contributed by atoms with van der Waals surface area (Å²) in [5.74, 6) is -1.61. The number of carbonyl (C=O) groups is 2. The van der Waals surface area contributed by atoms with Crippen LogP contribution in [0, 0.1) is 6.92 Å². The summed E-state index contributed by atoms with van der Waals surface area (Å²) in [6, 6.07) is 28.0. The van der Waals surface area contributed by atoms with Gasteiger partial charge in [0.2, 0.25) is 0 Å². The molecule has 0 amide bonds. The van der Waals surface area contributed by atoms with E-state index >= 15 is 0 Å². The van der Waals surface area contributed by atoms with Gasteiger partial charge in [0, 0.05) is 30.5 Å². The lowest BCUT2D eigenvalue weighted by atomic mass is 9.98. The number of likely N-dealkylation sites (N-methyl/N-ethyl adjacent to an activating group) is 1. The number of carboxylic acid groups (broad SMARTS) is 2. The summed E-state index contributed by atoms with van der Waals surface area (Å²) in [7, 11) is 1.70. The van der Waals surface area contributed by atoms with Gasteiger partial charge >= 0.3 is 11.9 Å². The van der Waals surface area contributed by atoms with Gasteiger partial charge in [-0.3, -0.25) is 4.79 Å². The highest BCUT2D eigenvalue weighted by molar-refractivity contribution is 6.48. The van der Waals surface area contributed by atoms with Crippen molar-refractivity contribution in [1.29, 1.82) is 0 Å². The molecule has 0 fully saturated rings. The standard InChI is InChI=1S/C36H30N6O5/c1-4-41(26-8-6-5-7-9-26)27-18-19-28(21(2)20-27)38-30-32(37-3)40-42-31(23-12-16-25(17-13-23)36(46)47)29(34(43)39-33(30)42)22-10-14-24(15-11-22)35(44)45/h5-20H,4H2,1-3H3,(H,37,40)(H,44,45)(H,46,47). The highest BCUT2D eigenvalue weighted by Gasteiger charge is 2.30. The Balaban J connectivity index is 1.51. The minimum atomic E-state index is -1.10. The molecule has 0 radical (unpaired) electrons. The van der Waals surface area contributed by atoms with Crippen LogP contribution < -0.4 is 15.8 Å². The highest BCUT2D eigenvalue weighted by atomic mass is 16.4. The second kappa shape index (κ2) is 12.6. The maximum absolute atomic E-state index is 13.8. The van der Waals surface area contributed by atoms with Crippen molar-refractivity contribution < 1.29 is 19.8 Å². The molecule has 0 saturated carbocycles. The summed E-state index contributed by atoms with van der Waals surface area (Å²) < 4.78 is 1.51. The van der Waals surface area contributed by atoms with Crippen LogP contribution in [-0.4, -0.2) is 57.0 Å². The monoisotopic (exact) mass is 626 g/mol. The molecule has 0 bridgehead atoms. The number of hydrogen-bond acceptors (Lipinski definition) is 8. The maximum Gasteiger partial charge on any atom is 0.335 e. The van der Waals surface area contributed by atoms with Crippen LogP contribution in [0.3, 0.4) is 0 Å². The summed E-state index contributed by atoms with van der Waals surface area (Å²) in [5.41, 5.74) is 5.03. The van der Waals surface area contributed by atoms with Crippen LogP contribution in [0.15, 0.2) is 112 Å². The van der Waals surface area contributed by atoms with Crippen LogP contribution in [0.4, 0.5) is 17.1 Å². The fourth-order valence-corrected chi connectivity index (χ4v) is 5.54. The van der Waals surface area contributed by atoms with Crippen molar-refractivity contribution in [3.05, 3.63) is 130 Å². The number of aliphatic imine (C=N–C) groups is 1. The molecule has 4 aromatic carbocycles. The van der Waals surface area contributed by atoms with Crippen molar-refractivity contribution in [1.82, 2.24) is 15.0 Å². The second-order valence-electron chi connectivity index (χ2n) is 10.8. The zero-order chi connectivity index (χ0) is 33.2. The first-order valence-electron chi connectivity index (χ1n) is 14.8. The molecule has 0 saturated heterocycles. The van der Waals surface area contributed by atoms with E-state index in [4.69, 9.17) is 10.1 Å². The van der Waals surface area contributed by atoms with Crippen LogP contribution >= 0.6 is 0 Å². The molecule has 11 heteroatoms. The Morgan fingerprint density at radius 2 is 1.47 bits per heavy atom. The third-order valence-corrected chi connectivity index (χ3v) is 7.88. The highest BCUT2D eigenvalue weighted by Crippen LogP contribution is 2.34. The molecule has 0 aliphatic carbocycles. The van der Waals surface area contributed by atoms with E-state index in [2.05, 4.69) is 40.3 Å². The first-order chi connectivity index (χ1) is 22.7. The third-order valence-electron chi connectivity index (χ3n) is 7.88. The van der Waals surface area contributed by atoms with E-state index in [1.807, 2.05) is 37.3 Å². The quantitative estimate of drug-likeness (QED) is 0.191. The van der Waals surface area contributed by atoms with Crippen LogP contribution in [0.25, 0.3) is 22.4 Å². The molecular weight excluding hydrogens is 596 g/mol. The molecule has 1 aliphatic rings. The van der Waals surface area contributed by atoms with E-state index in [1.54, 1.807) is 19.2 Å². The third kappa shape index (κ3) is 5.77. The van der Waals surface area contributed by atoms with Gasteiger partial charge in [-0.1, -0.05) is 42.5 Å². The maximum atomic E-state index is 13.8. The number of aromatic nitrogens is 2. The molecule has 0 spiro atoms. The van der Waals surface area contributed by atoms with Gasteiger partial charge in [0.25, 0.3) is 5.56 Å². The molecule has 6 rings (SSSR count). The molecule has 1 aliphatic heterocycles. The van der Waals surface area contributed by atoms with Crippen molar-refractivity contribution in [3.63, 3.8) is 0 Å². The average Bonchev–Trinajstić information content (AvgIpc) is 3.42. The fourth-order valence-electron chi connectivity index (χ4n) is 5.54. The van der Waals surface area contributed by atoms with Gasteiger partial charge in [-0.05, 0) is 79.6 Å². The van der Waals surface area contributed by atoms with Crippen LogP contribution in [0.1, 0.15) is 39.0 Å². The van der Waals surface area contributed by atoms with Crippen molar-refractivity contribution in [3.8, 4) is 22.4 Å². The summed E-state index contributed by atoms with van der Waals surface area (Å²) in [6.07, 6.45) is 0. The van der Waals surface area contributed by atoms with Gasteiger partial charge in [0.1, 0.15) is 0 Å². The number of rotatable bonds is 8. The molecule has 1 aromatic heterocycles. The number of fused-ring (bicyclic) bond motifs is 1. The zero-order valence-electron chi connectivity index (χ0n) is 25.8. The number of nitrogens with one attached hydrogen (secondary N) is 1. The largest absolute Gasteiger partial charge is 0.478 e. The van der Waals surface area contributed by atoms with Crippen LogP contribution in [-0.2, 0) is 0 Å². The molecule has 234 valence electrons. The van der Waals surface area contributed by atoms with Gasteiger partial charge in [0.05, 0.1) is 28.1 Å². The minimum absolute atomic E-state index is 0.0625. The number of para-hydroxylation sites is 1. The Bertz CT molecular complexity index is 2140. The molecule has 3 N–H and O–H groups in total. The van der Waals surface area contributed by atoms with E-state index in [0.29, 0.717) is 34.1 Å². The van der Waals surface area contributed by atoms with Crippen molar-refractivity contribution >= 4 is 40.5 Å². The van der Waals surface area contributed by atoms with Gasteiger partial charge in [-0.2, -0.15) is 4.98 Å². The van der Waals surface area contributed by atoms with E-state index in [1.165, 1.54) is 41.1 Å². The number of hydrogen-bond donors (Lipinski definition) is 3. The number of anilines is 2. The van der Waals surface area contributed by atoms with E-state index in [9.17, 15) is 24.6 Å². The number of carboxylic acids is 2. The Morgan fingerprint density at radius 1 is 0.851 bits per heavy atom. The Morgan fingerprint density at radius 3 is 2.02 bits per heavy atom. The Kier molecular flexibility index (Phi) is 8.19. The summed E-state index contributed by atoms with van der Waals surface area (Å²) >= 11 is 0. The number of aromatic carboxylic acids is 2. The molecule has 47 heavy (non-hydrogen) atoms. The number of aryl methyl sites for hydroxylation is 1. The molecular formula is C36H30N6O5. The fraction of sp³-hybridized carbons (Fsp3) is 0.111. The Labute approximate surface area is 269 Å². The summed E-state index contributed by atoms with van der Waals surface area (Å²) in [6.45, 7) is 4.82. The topological polar surface area (TPSA) is 149 Å². The molecule has 0 unspecified atom stereocenters. The molecule has 2 heterocycles. The van der Waals surface area contributed by atoms with E-state index in [0.717, 1.165) is 23.5 Å². The van der Waals surface area contributed by atoms with E-state index < -0.39 is 17.5 Å². The van der Waals surface area contributed by atoms with Gasteiger partial charge in [-0.25, -0.2) is 19.3 Å². The van der Waals surface area contributed by atoms with Crippen molar-refractivity contribution in [2.75, 3.05) is 18.5 Å². The van der Waals surface area contributed by atoms with Crippen LogP contribution in [0.2, 0.25) is 0 Å². The lowest BCUT2D eigenvalue weighted by Crippen LogP contribution is -2.27. The van der Waals surface area contributed by atoms with Gasteiger partial charge < -0.3 is 20.4 Å². The first kappa shape index (κ1) is 30.7. The van der Waals surface area contributed by atoms with Gasteiger partial charge in [-0.15, -0.1) is 5.10 Å². The van der Waals surface area contributed by atoms with Crippen LogP contribution in [0.5, 0.6) is 0 Å². The second-order valence-corrected chi connectivity index (χ2v) is 10.8. The van der Waals surface area contributed by atoms with Gasteiger partial charge in [0.15, 0.2) is 17.4 Å². The normalized spacial score (nSPS) is 12.8. The minimum Gasteiger partial charge on any atom is -0.478 e. The summed E-state index contributed by atoms with van der Waals surface area (Å²) in [5, 5.41) is 26.7. The zero-order valence-corrected chi connectivity index (χ0v) is 25.8. The Hall–Kier alpha value is -6.36.